The quantitative estimate of drug-likeness (QED) is 0.154. The van der Waals surface area contributed by atoms with Crippen LogP contribution in [0.4, 0.5) is 4.79 Å². The molecule has 0 rings (SSSR count). The SMILES string of the molecule is CC(C)C[C@H](NC(=O)OC(C)(C)C)C(=O)N[C@@H](CCC[NH+]=C(N)N)C(=O)[O-]. The fourth-order valence-electron chi connectivity index (χ4n) is 2.21. The summed E-state index contributed by atoms with van der Waals surface area (Å²) in [5.74, 6) is -1.90. The maximum Gasteiger partial charge on any atom is 0.408 e. The largest absolute Gasteiger partial charge is 0.548 e. The Morgan fingerprint density at radius 1 is 1.11 bits per heavy atom. The number of hydrogen-bond acceptors (Lipinski definition) is 5. The lowest BCUT2D eigenvalue weighted by atomic mass is 10.0. The van der Waals surface area contributed by atoms with Crippen molar-refractivity contribution >= 4 is 23.9 Å². The van der Waals surface area contributed by atoms with Gasteiger partial charge in [-0.05, 0) is 46.0 Å². The summed E-state index contributed by atoms with van der Waals surface area (Å²) in [6, 6.07) is -2.12. The van der Waals surface area contributed by atoms with Crippen LogP contribution in [0, 0.1) is 5.92 Å². The molecule has 10 nitrogen and oxygen atoms in total. The van der Waals surface area contributed by atoms with E-state index in [9.17, 15) is 19.5 Å². The third-order valence-electron chi connectivity index (χ3n) is 3.31. The molecule has 156 valence electrons. The molecule has 0 bridgehead atoms. The number of hydrogen-bond donors (Lipinski definition) is 5. The highest BCUT2D eigenvalue weighted by Gasteiger charge is 2.27. The fraction of sp³-hybridized carbons (Fsp3) is 0.765. The van der Waals surface area contributed by atoms with Crippen molar-refractivity contribution in [3.8, 4) is 0 Å². The number of carbonyl (C=O) groups excluding carboxylic acids is 3. The first kappa shape index (κ1) is 24.5. The molecular weight excluding hydrogens is 354 g/mol. The van der Waals surface area contributed by atoms with Crippen molar-refractivity contribution < 1.29 is 29.2 Å². The minimum atomic E-state index is -1.41. The maximum atomic E-state index is 12.5. The summed E-state index contributed by atoms with van der Waals surface area (Å²) in [5.41, 5.74) is 9.80. The summed E-state index contributed by atoms with van der Waals surface area (Å²) in [5, 5.41) is 16.2. The van der Waals surface area contributed by atoms with Crippen LogP contribution in [0.2, 0.25) is 0 Å². The molecule has 0 spiro atoms. The number of carboxylic acids is 1. The van der Waals surface area contributed by atoms with Crippen LogP contribution in [-0.4, -0.2) is 48.2 Å². The van der Waals surface area contributed by atoms with E-state index in [1.165, 1.54) is 0 Å². The Morgan fingerprint density at radius 2 is 1.70 bits per heavy atom. The van der Waals surface area contributed by atoms with E-state index in [1.807, 2.05) is 13.8 Å². The van der Waals surface area contributed by atoms with E-state index in [0.29, 0.717) is 19.4 Å². The average molecular weight is 387 g/mol. The van der Waals surface area contributed by atoms with Crippen LogP contribution in [0.3, 0.4) is 0 Å². The Bertz CT molecular complexity index is 538. The molecule has 10 heteroatoms. The van der Waals surface area contributed by atoms with Crippen LogP contribution in [0.5, 0.6) is 0 Å². The van der Waals surface area contributed by atoms with Crippen LogP contribution in [-0.2, 0) is 14.3 Å². The minimum absolute atomic E-state index is 0.0302. The molecule has 0 heterocycles. The monoisotopic (exact) mass is 387 g/mol. The van der Waals surface area contributed by atoms with Gasteiger partial charge in [0.1, 0.15) is 11.6 Å². The van der Waals surface area contributed by atoms with Gasteiger partial charge in [-0.3, -0.25) is 21.3 Å². The molecule has 0 aliphatic carbocycles. The summed E-state index contributed by atoms with van der Waals surface area (Å²) in [6.45, 7) is 9.23. The van der Waals surface area contributed by atoms with Gasteiger partial charge in [0.25, 0.3) is 0 Å². The van der Waals surface area contributed by atoms with Gasteiger partial charge in [0.05, 0.1) is 18.6 Å². The first-order valence-corrected chi connectivity index (χ1v) is 8.94. The summed E-state index contributed by atoms with van der Waals surface area (Å²) in [4.78, 5) is 38.4. The van der Waals surface area contributed by atoms with E-state index in [0.717, 1.165) is 0 Å². The third-order valence-corrected chi connectivity index (χ3v) is 3.31. The van der Waals surface area contributed by atoms with Crippen LogP contribution < -0.4 is 32.2 Å². The zero-order valence-corrected chi connectivity index (χ0v) is 16.8. The van der Waals surface area contributed by atoms with Crippen LogP contribution in [0.25, 0.3) is 0 Å². The van der Waals surface area contributed by atoms with Crippen LogP contribution in [0.15, 0.2) is 0 Å². The highest BCUT2D eigenvalue weighted by Crippen LogP contribution is 2.10. The van der Waals surface area contributed by atoms with Crippen molar-refractivity contribution in [2.75, 3.05) is 6.54 Å². The summed E-state index contributed by atoms with van der Waals surface area (Å²) < 4.78 is 5.16. The Kier molecular flexibility index (Phi) is 10.2. The molecule has 0 aromatic heterocycles. The van der Waals surface area contributed by atoms with Gasteiger partial charge in [0.15, 0.2) is 0 Å². The van der Waals surface area contributed by atoms with Gasteiger partial charge >= 0.3 is 12.1 Å². The lowest BCUT2D eigenvalue weighted by Gasteiger charge is -2.26. The first-order chi connectivity index (χ1) is 12.3. The van der Waals surface area contributed by atoms with E-state index in [4.69, 9.17) is 16.2 Å². The van der Waals surface area contributed by atoms with E-state index in [1.54, 1.807) is 20.8 Å². The molecule has 0 aromatic carbocycles. The number of carbonyl (C=O) groups is 3. The molecule has 2 amide bonds. The van der Waals surface area contributed by atoms with Gasteiger partial charge < -0.3 is 25.3 Å². The number of carboxylic acid groups (broad SMARTS) is 1. The number of guanidine groups is 1. The molecule has 7 N–H and O–H groups in total. The van der Waals surface area contributed by atoms with Crippen molar-refractivity contribution in [2.24, 2.45) is 17.4 Å². The Labute approximate surface area is 160 Å². The molecule has 0 aliphatic heterocycles. The zero-order chi connectivity index (χ0) is 21.2. The van der Waals surface area contributed by atoms with Gasteiger partial charge in [-0.25, -0.2) is 4.79 Å². The number of nitrogens with one attached hydrogen (secondary N) is 3. The zero-order valence-electron chi connectivity index (χ0n) is 16.8. The number of ether oxygens (including phenoxy) is 1. The molecule has 0 aliphatic rings. The number of rotatable bonds is 10. The predicted molar refractivity (Wildman–Crippen MR) is 98.0 cm³/mol. The van der Waals surface area contributed by atoms with Crippen molar-refractivity contribution in [1.82, 2.24) is 10.6 Å². The molecule has 27 heavy (non-hydrogen) atoms. The molecule has 0 saturated carbocycles. The molecule has 2 atom stereocenters. The highest BCUT2D eigenvalue weighted by molar-refractivity contribution is 5.88. The van der Waals surface area contributed by atoms with E-state index >= 15 is 0 Å². The summed E-state index contributed by atoms with van der Waals surface area (Å²) >= 11 is 0. The smallest absolute Gasteiger partial charge is 0.408 e. The molecule has 0 fully saturated rings. The third kappa shape index (κ3) is 12.5. The number of nitrogens with two attached hydrogens (primary N) is 2. The van der Waals surface area contributed by atoms with Crippen molar-refractivity contribution in [1.29, 1.82) is 0 Å². The molecular formula is C17H33N5O5. The van der Waals surface area contributed by atoms with Crippen LogP contribution >= 0.6 is 0 Å². The van der Waals surface area contributed by atoms with Gasteiger partial charge in [-0.2, -0.15) is 0 Å². The lowest BCUT2D eigenvalue weighted by Crippen LogP contribution is -2.78. The lowest BCUT2D eigenvalue weighted by molar-refractivity contribution is -0.459. The fourth-order valence-corrected chi connectivity index (χ4v) is 2.21. The Morgan fingerprint density at radius 3 is 2.15 bits per heavy atom. The highest BCUT2D eigenvalue weighted by atomic mass is 16.6. The van der Waals surface area contributed by atoms with Gasteiger partial charge in [0, 0.05) is 0 Å². The van der Waals surface area contributed by atoms with Crippen LogP contribution in [0.1, 0.15) is 53.9 Å². The minimum Gasteiger partial charge on any atom is -0.548 e. The molecule has 0 saturated heterocycles. The van der Waals surface area contributed by atoms with Gasteiger partial charge in [-0.15, -0.1) is 0 Å². The normalized spacial score (nSPS) is 13.4. The van der Waals surface area contributed by atoms with Crippen molar-refractivity contribution in [2.45, 2.75) is 71.6 Å². The van der Waals surface area contributed by atoms with Gasteiger partial charge in [-0.1, -0.05) is 13.8 Å². The topological polar surface area (TPSA) is 174 Å². The number of aliphatic carboxylic acids is 1. The van der Waals surface area contributed by atoms with E-state index in [-0.39, 0.29) is 18.3 Å². The first-order valence-electron chi connectivity index (χ1n) is 8.94. The summed E-state index contributed by atoms with van der Waals surface area (Å²) in [6.07, 6.45) is 0.0947. The standard InChI is InChI=1S/C17H33N5O5/c1-10(2)9-12(22-16(26)27-17(3,4)5)13(23)21-11(14(24)25)7-6-8-20-15(18)19/h10-12H,6-9H2,1-5H3,(H,21,23)(H,22,26)(H,24,25)(H4,18,19,20)/t11-,12-/m0/s1. The predicted octanol–water partition coefficient (Wildman–Crippen LogP) is -2.71. The second-order valence-corrected chi connectivity index (χ2v) is 7.73. The van der Waals surface area contributed by atoms with Gasteiger partial charge in [0.2, 0.25) is 5.91 Å². The Hall–Kier alpha value is -2.52. The van der Waals surface area contributed by atoms with Crippen molar-refractivity contribution in [3.05, 3.63) is 0 Å². The molecule has 0 aromatic rings. The Balaban J connectivity index is 4.93. The second kappa shape index (κ2) is 11.2. The van der Waals surface area contributed by atoms with E-state index in [2.05, 4.69) is 15.6 Å². The molecule has 0 radical (unpaired) electrons. The summed E-state index contributed by atoms with van der Waals surface area (Å²) in [7, 11) is 0. The molecule has 0 unspecified atom stereocenters. The van der Waals surface area contributed by atoms with E-state index < -0.39 is 35.7 Å². The maximum absolute atomic E-state index is 12.5. The second-order valence-electron chi connectivity index (χ2n) is 7.73. The number of amides is 2. The average Bonchev–Trinajstić information content (AvgIpc) is 2.46. The van der Waals surface area contributed by atoms with Crippen molar-refractivity contribution in [3.63, 3.8) is 0 Å². The number of alkyl carbamates (subject to hydrolysis) is 1.